The van der Waals surface area contributed by atoms with Crippen LogP contribution < -0.4 is 4.72 Å². The van der Waals surface area contributed by atoms with E-state index < -0.39 is 16.1 Å². The van der Waals surface area contributed by atoms with Crippen LogP contribution in [0.1, 0.15) is 17.2 Å². The lowest BCUT2D eigenvalue weighted by atomic mass is 10.1. The van der Waals surface area contributed by atoms with Gasteiger partial charge in [-0.1, -0.05) is 24.3 Å². The van der Waals surface area contributed by atoms with Gasteiger partial charge in [-0.3, -0.25) is 0 Å². The summed E-state index contributed by atoms with van der Waals surface area (Å²) in [6.07, 6.45) is 3.26. The molecule has 5 nitrogen and oxygen atoms in total. The van der Waals surface area contributed by atoms with Crippen LogP contribution in [0.2, 0.25) is 0 Å². The molecule has 3 rings (SSSR count). The number of aromatic amines is 1. The van der Waals surface area contributed by atoms with E-state index in [-0.39, 0.29) is 10.4 Å². The van der Waals surface area contributed by atoms with Crippen LogP contribution in [-0.2, 0) is 16.4 Å². The van der Waals surface area contributed by atoms with Gasteiger partial charge in [0, 0.05) is 0 Å². The van der Waals surface area contributed by atoms with Crippen molar-refractivity contribution in [3.05, 3.63) is 47.9 Å². The van der Waals surface area contributed by atoms with Crippen LogP contribution in [0.25, 0.3) is 0 Å². The third-order valence-electron chi connectivity index (χ3n) is 3.21. The van der Waals surface area contributed by atoms with Crippen molar-refractivity contribution in [1.82, 2.24) is 14.7 Å². The molecule has 1 heterocycles. The number of rotatable bonds is 3. The lowest BCUT2D eigenvalue weighted by molar-refractivity contribution is 0.553. The lowest BCUT2D eigenvalue weighted by Gasteiger charge is -2.16. The van der Waals surface area contributed by atoms with Crippen LogP contribution in [0.4, 0.5) is 0 Å². The Bertz CT molecular complexity index is 685. The third-order valence-corrected chi connectivity index (χ3v) is 4.98. The van der Waals surface area contributed by atoms with Crippen LogP contribution in [-0.4, -0.2) is 23.8 Å². The summed E-state index contributed by atoms with van der Waals surface area (Å²) in [5.74, 6) is 0. The summed E-state index contributed by atoms with van der Waals surface area (Å²) in [5, 5.41) is -0.240. The fraction of sp³-hybridized carbons (Fsp3) is 0.250. The largest absolute Gasteiger partial charge is 0.335 e. The number of nitrogens with one attached hydrogen (secondary N) is 2. The number of alkyl halides is 1. The third kappa shape index (κ3) is 2.27. The first-order valence-electron chi connectivity index (χ1n) is 5.80. The molecule has 100 valence electrons. The van der Waals surface area contributed by atoms with E-state index in [4.69, 9.17) is 11.6 Å². The summed E-state index contributed by atoms with van der Waals surface area (Å²) in [4.78, 5) is 6.30. The molecule has 0 spiro atoms. The molecule has 0 aliphatic heterocycles. The number of benzene rings is 1. The van der Waals surface area contributed by atoms with Gasteiger partial charge in [0.1, 0.15) is 0 Å². The van der Waals surface area contributed by atoms with E-state index in [1.54, 1.807) is 0 Å². The number of fused-ring (bicyclic) bond motifs is 1. The summed E-state index contributed by atoms with van der Waals surface area (Å²) in [7, 11) is -3.63. The van der Waals surface area contributed by atoms with Crippen LogP contribution >= 0.6 is 11.6 Å². The van der Waals surface area contributed by atoms with Crippen LogP contribution in [0, 0.1) is 0 Å². The Morgan fingerprint density at radius 3 is 2.89 bits per heavy atom. The van der Waals surface area contributed by atoms with Gasteiger partial charge in [0.25, 0.3) is 10.0 Å². The van der Waals surface area contributed by atoms with Crippen molar-refractivity contribution in [2.45, 2.75) is 22.9 Å². The fourth-order valence-electron chi connectivity index (χ4n) is 2.30. The second-order valence-electron chi connectivity index (χ2n) is 4.43. The maximum Gasteiger partial charge on any atom is 0.258 e. The van der Waals surface area contributed by atoms with Gasteiger partial charge < -0.3 is 4.98 Å². The number of halogens is 1. The molecule has 19 heavy (non-hydrogen) atoms. The van der Waals surface area contributed by atoms with Crippen molar-refractivity contribution in [1.29, 1.82) is 0 Å². The Labute approximate surface area is 116 Å². The minimum Gasteiger partial charge on any atom is -0.335 e. The SMILES string of the molecule is O=S(=O)(NC1c2ccccc2CC1Cl)c1cnc[nH]1. The zero-order chi connectivity index (χ0) is 13.5. The molecule has 2 N–H and O–H groups in total. The van der Waals surface area contributed by atoms with Crippen molar-refractivity contribution in [3.8, 4) is 0 Å². The quantitative estimate of drug-likeness (QED) is 0.845. The average molecular weight is 298 g/mol. The minimum absolute atomic E-state index is 0.0424. The van der Waals surface area contributed by atoms with Gasteiger partial charge in [0.15, 0.2) is 5.03 Å². The molecule has 1 aliphatic carbocycles. The van der Waals surface area contributed by atoms with E-state index in [1.807, 2.05) is 24.3 Å². The standard InChI is InChI=1S/C12H12ClN3O2S/c13-10-5-8-3-1-2-4-9(8)12(10)16-19(17,18)11-6-14-7-15-11/h1-4,6-7,10,12,16H,5H2,(H,14,15). The van der Waals surface area contributed by atoms with E-state index in [2.05, 4.69) is 14.7 Å². The molecule has 0 saturated heterocycles. The van der Waals surface area contributed by atoms with Gasteiger partial charge in [0.05, 0.1) is 23.9 Å². The van der Waals surface area contributed by atoms with E-state index in [0.29, 0.717) is 6.42 Å². The molecular formula is C12H12ClN3O2S. The van der Waals surface area contributed by atoms with Crippen molar-refractivity contribution >= 4 is 21.6 Å². The smallest absolute Gasteiger partial charge is 0.258 e. The maximum atomic E-state index is 12.2. The monoisotopic (exact) mass is 297 g/mol. The van der Waals surface area contributed by atoms with E-state index in [1.165, 1.54) is 12.5 Å². The zero-order valence-electron chi connectivity index (χ0n) is 9.88. The Morgan fingerprint density at radius 1 is 1.37 bits per heavy atom. The van der Waals surface area contributed by atoms with E-state index in [0.717, 1.165) is 11.1 Å². The summed E-state index contributed by atoms with van der Waals surface area (Å²) >= 11 is 6.26. The Balaban J connectivity index is 1.92. The summed E-state index contributed by atoms with van der Waals surface area (Å²) in [6, 6.07) is 7.26. The van der Waals surface area contributed by atoms with Gasteiger partial charge in [-0.05, 0) is 17.5 Å². The molecule has 1 aliphatic rings. The van der Waals surface area contributed by atoms with E-state index >= 15 is 0 Å². The van der Waals surface area contributed by atoms with Gasteiger partial charge in [-0.15, -0.1) is 11.6 Å². The van der Waals surface area contributed by atoms with Crippen molar-refractivity contribution in [2.24, 2.45) is 0 Å². The van der Waals surface area contributed by atoms with Crippen molar-refractivity contribution < 1.29 is 8.42 Å². The van der Waals surface area contributed by atoms with Gasteiger partial charge in [-0.25, -0.2) is 18.1 Å². The zero-order valence-corrected chi connectivity index (χ0v) is 11.4. The molecule has 0 bridgehead atoms. The minimum atomic E-state index is -3.63. The van der Waals surface area contributed by atoms with Gasteiger partial charge in [0.2, 0.25) is 0 Å². The highest BCUT2D eigenvalue weighted by Gasteiger charge is 2.34. The second-order valence-corrected chi connectivity index (χ2v) is 6.68. The topological polar surface area (TPSA) is 74.8 Å². The maximum absolute atomic E-state index is 12.2. The molecule has 2 atom stereocenters. The Kier molecular flexibility index (Phi) is 3.08. The number of hydrogen-bond acceptors (Lipinski definition) is 3. The van der Waals surface area contributed by atoms with Crippen molar-refractivity contribution in [2.75, 3.05) is 0 Å². The Morgan fingerprint density at radius 2 is 2.16 bits per heavy atom. The fourth-order valence-corrected chi connectivity index (χ4v) is 3.90. The number of nitrogens with zero attached hydrogens (tertiary/aromatic N) is 1. The molecule has 0 amide bonds. The second kappa shape index (κ2) is 4.63. The summed E-state index contributed by atoms with van der Waals surface area (Å²) < 4.78 is 27.0. The highest BCUT2D eigenvalue weighted by Crippen LogP contribution is 2.35. The first kappa shape index (κ1) is 12.7. The molecule has 7 heteroatoms. The predicted octanol–water partition coefficient (Wildman–Crippen LogP) is 1.59. The molecule has 0 radical (unpaired) electrons. The predicted molar refractivity (Wildman–Crippen MR) is 71.4 cm³/mol. The first-order chi connectivity index (χ1) is 9.08. The Hall–Kier alpha value is -1.37. The van der Waals surface area contributed by atoms with Crippen LogP contribution in [0.3, 0.4) is 0 Å². The number of imidazole rings is 1. The normalized spacial score (nSPS) is 22.4. The number of sulfonamides is 1. The van der Waals surface area contributed by atoms with Gasteiger partial charge in [-0.2, -0.15) is 0 Å². The van der Waals surface area contributed by atoms with E-state index in [9.17, 15) is 8.42 Å². The van der Waals surface area contributed by atoms with Crippen LogP contribution in [0.15, 0.2) is 41.8 Å². The molecule has 1 aromatic heterocycles. The molecule has 0 saturated carbocycles. The molecule has 2 unspecified atom stereocenters. The van der Waals surface area contributed by atoms with Crippen LogP contribution in [0.5, 0.6) is 0 Å². The lowest BCUT2D eigenvalue weighted by Crippen LogP contribution is -2.32. The number of hydrogen-bond donors (Lipinski definition) is 2. The summed E-state index contributed by atoms with van der Waals surface area (Å²) in [6.45, 7) is 0. The molecule has 1 aromatic carbocycles. The molecule has 2 aromatic rings. The molecular weight excluding hydrogens is 286 g/mol. The number of H-pyrrole nitrogens is 1. The average Bonchev–Trinajstić information content (AvgIpc) is 2.99. The molecule has 0 fully saturated rings. The summed E-state index contributed by atoms with van der Waals surface area (Å²) in [5.41, 5.74) is 2.02. The first-order valence-corrected chi connectivity index (χ1v) is 7.72. The highest BCUT2D eigenvalue weighted by atomic mass is 35.5. The highest BCUT2D eigenvalue weighted by molar-refractivity contribution is 7.89. The van der Waals surface area contributed by atoms with Gasteiger partial charge >= 0.3 is 0 Å². The number of aromatic nitrogens is 2. The van der Waals surface area contributed by atoms with Crippen molar-refractivity contribution in [3.63, 3.8) is 0 Å².